The molecular formula is C13H17N3. The largest absolute Gasteiger partial charge is 0.378 e. The first-order valence-corrected chi connectivity index (χ1v) is 5.44. The van der Waals surface area contributed by atoms with E-state index in [1.54, 1.807) is 4.68 Å². The zero-order chi connectivity index (χ0) is 11.5. The van der Waals surface area contributed by atoms with Crippen LogP contribution in [0.15, 0.2) is 30.6 Å². The van der Waals surface area contributed by atoms with Gasteiger partial charge in [0.1, 0.15) is 0 Å². The molecule has 0 aliphatic heterocycles. The highest BCUT2D eigenvalue weighted by atomic mass is 15.3. The number of hydrogen-bond acceptors (Lipinski definition) is 2. The first kappa shape index (κ1) is 10.7. The third-order valence-corrected chi connectivity index (χ3v) is 2.69. The molecule has 0 aliphatic rings. The molecule has 0 aliphatic carbocycles. The molecule has 1 aromatic carbocycles. The maximum atomic E-state index is 4.12. The molecule has 2 rings (SSSR count). The van der Waals surface area contributed by atoms with E-state index in [4.69, 9.17) is 0 Å². The van der Waals surface area contributed by atoms with E-state index in [2.05, 4.69) is 42.5 Å². The van der Waals surface area contributed by atoms with Crippen LogP contribution < -0.4 is 5.32 Å². The van der Waals surface area contributed by atoms with Crippen LogP contribution in [-0.4, -0.2) is 9.78 Å². The quantitative estimate of drug-likeness (QED) is 0.853. The Balaban J connectivity index is 2.04. The Morgan fingerprint density at radius 2 is 2.12 bits per heavy atom. The maximum absolute atomic E-state index is 4.12. The van der Waals surface area contributed by atoms with Crippen LogP contribution in [0.2, 0.25) is 0 Å². The van der Waals surface area contributed by atoms with Crippen molar-refractivity contribution in [1.82, 2.24) is 9.78 Å². The van der Waals surface area contributed by atoms with Gasteiger partial charge in [0.05, 0.1) is 11.9 Å². The van der Waals surface area contributed by atoms with Crippen molar-refractivity contribution >= 4 is 5.69 Å². The Labute approximate surface area is 96.1 Å². The molecule has 2 aromatic rings. The summed E-state index contributed by atoms with van der Waals surface area (Å²) in [6.45, 7) is 5.11. The lowest BCUT2D eigenvalue weighted by atomic mass is 10.1. The number of hydrogen-bond donors (Lipinski definition) is 1. The van der Waals surface area contributed by atoms with E-state index < -0.39 is 0 Å². The van der Waals surface area contributed by atoms with Gasteiger partial charge >= 0.3 is 0 Å². The van der Waals surface area contributed by atoms with Gasteiger partial charge in [-0.2, -0.15) is 5.10 Å². The van der Waals surface area contributed by atoms with Crippen molar-refractivity contribution in [2.75, 3.05) is 5.32 Å². The number of aromatic nitrogens is 2. The third kappa shape index (κ3) is 2.42. The van der Waals surface area contributed by atoms with Gasteiger partial charge in [0.2, 0.25) is 0 Å². The minimum Gasteiger partial charge on any atom is -0.378 e. The fraction of sp³-hybridized carbons (Fsp3) is 0.308. The minimum atomic E-state index is 0.845. The smallest absolute Gasteiger partial charge is 0.0729 e. The normalized spacial score (nSPS) is 10.4. The molecule has 0 saturated heterocycles. The van der Waals surface area contributed by atoms with E-state index in [-0.39, 0.29) is 0 Å². The summed E-state index contributed by atoms with van der Waals surface area (Å²) in [5.41, 5.74) is 5.02. The molecule has 3 heteroatoms. The molecule has 0 atom stereocenters. The van der Waals surface area contributed by atoms with E-state index in [1.165, 1.54) is 16.7 Å². The Morgan fingerprint density at radius 3 is 2.75 bits per heavy atom. The minimum absolute atomic E-state index is 0.845. The third-order valence-electron chi connectivity index (χ3n) is 2.69. The Hall–Kier alpha value is -1.77. The van der Waals surface area contributed by atoms with Crippen LogP contribution in [0.4, 0.5) is 5.69 Å². The average molecular weight is 215 g/mol. The van der Waals surface area contributed by atoms with E-state index in [0.29, 0.717) is 0 Å². The molecule has 0 radical (unpaired) electrons. The summed E-state index contributed by atoms with van der Waals surface area (Å²) >= 11 is 0. The van der Waals surface area contributed by atoms with Crippen molar-refractivity contribution in [2.24, 2.45) is 7.05 Å². The van der Waals surface area contributed by atoms with Crippen molar-refractivity contribution in [1.29, 1.82) is 0 Å². The number of anilines is 1. The fourth-order valence-corrected chi connectivity index (χ4v) is 1.75. The van der Waals surface area contributed by atoms with Crippen LogP contribution in [0.1, 0.15) is 16.7 Å². The van der Waals surface area contributed by atoms with Crippen LogP contribution >= 0.6 is 0 Å². The second-order valence-electron chi connectivity index (χ2n) is 4.19. The first-order chi connectivity index (χ1) is 7.65. The Kier molecular flexibility index (Phi) is 2.95. The van der Waals surface area contributed by atoms with E-state index in [9.17, 15) is 0 Å². The van der Waals surface area contributed by atoms with Crippen molar-refractivity contribution < 1.29 is 0 Å². The predicted molar refractivity (Wildman–Crippen MR) is 66.5 cm³/mol. The van der Waals surface area contributed by atoms with Crippen molar-refractivity contribution in [3.8, 4) is 0 Å². The molecule has 0 unspecified atom stereocenters. The maximum Gasteiger partial charge on any atom is 0.0729 e. The standard InChI is InChI=1S/C13H17N3/c1-10-4-5-12(11(2)6-10)7-14-13-8-15-16(3)9-13/h4-6,8-9,14H,7H2,1-3H3. The number of aryl methyl sites for hydroxylation is 3. The molecule has 1 aromatic heterocycles. The molecule has 1 heterocycles. The van der Waals surface area contributed by atoms with Crippen LogP contribution in [0.3, 0.4) is 0 Å². The van der Waals surface area contributed by atoms with Gasteiger partial charge in [-0.15, -0.1) is 0 Å². The van der Waals surface area contributed by atoms with E-state index in [1.807, 2.05) is 19.4 Å². The van der Waals surface area contributed by atoms with Gasteiger partial charge in [-0.1, -0.05) is 23.8 Å². The molecular weight excluding hydrogens is 198 g/mol. The molecule has 0 saturated carbocycles. The molecule has 1 N–H and O–H groups in total. The molecule has 0 bridgehead atoms. The van der Waals surface area contributed by atoms with E-state index in [0.717, 1.165) is 12.2 Å². The van der Waals surface area contributed by atoms with Gasteiger partial charge in [-0.05, 0) is 25.0 Å². The zero-order valence-corrected chi connectivity index (χ0v) is 9.99. The first-order valence-electron chi connectivity index (χ1n) is 5.44. The van der Waals surface area contributed by atoms with Crippen molar-refractivity contribution in [3.05, 3.63) is 47.3 Å². The molecule has 0 spiro atoms. The highest BCUT2D eigenvalue weighted by Gasteiger charge is 1.99. The predicted octanol–water partition coefficient (Wildman–Crippen LogP) is 2.65. The summed E-state index contributed by atoms with van der Waals surface area (Å²) in [4.78, 5) is 0. The van der Waals surface area contributed by atoms with Crippen LogP contribution in [-0.2, 0) is 13.6 Å². The molecule has 16 heavy (non-hydrogen) atoms. The molecule has 0 fully saturated rings. The molecule has 3 nitrogen and oxygen atoms in total. The second-order valence-corrected chi connectivity index (χ2v) is 4.19. The summed E-state index contributed by atoms with van der Waals surface area (Å²) in [6, 6.07) is 6.53. The Morgan fingerprint density at radius 1 is 1.31 bits per heavy atom. The zero-order valence-electron chi connectivity index (χ0n) is 9.99. The summed E-state index contributed by atoms with van der Waals surface area (Å²) in [5, 5.41) is 7.48. The number of benzene rings is 1. The van der Waals surface area contributed by atoms with Gasteiger partial charge in [0.25, 0.3) is 0 Å². The Bertz CT molecular complexity index is 486. The topological polar surface area (TPSA) is 29.9 Å². The number of nitrogens with zero attached hydrogens (tertiary/aromatic N) is 2. The van der Waals surface area contributed by atoms with Gasteiger partial charge in [0, 0.05) is 19.8 Å². The summed E-state index contributed by atoms with van der Waals surface area (Å²) in [7, 11) is 1.92. The lowest BCUT2D eigenvalue weighted by Gasteiger charge is -2.07. The fourth-order valence-electron chi connectivity index (χ4n) is 1.75. The van der Waals surface area contributed by atoms with Gasteiger partial charge in [-0.25, -0.2) is 0 Å². The highest BCUT2D eigenvalue weighted by molar-refractivity contribution is 5.40. The monoisotopic (exact) mass is 215 g/mol. The summed E-state index contributed by atoms with van der Waals surface area (Å²) in [5.74, 6) is 0. The van der Waals surface area contributed by atoms with Crippen LogP contribution in [0.5, 0.6) is 0 Å². The average Bonchev–Trinajstić information content (AvgIpc) is 2.63. The summed E-state index contributed by atoms with van der Waals surface area (Å²) in [6.07, 6.45) is 3.81. The number of nitrogens with one attached hydrogen (secondary N) is 1. The van der Waals surface area contributed by atoms with Crippen molar-refractivity contribution in [3.63, 3.8) is 0 Å². The number of rotatable bonds is 3. The lowest BCUT2D eigenvalue weighted by Crippen LogP contribution is -2.00. The SMILES string of the molecule is Cc1ccc(CNc2cnn(C)c2)c(C)c1. The molecule has 84 valence electrons. The van der Waals surface area contributed by atoms with Gasteiger partial charge in [0.15, 0.2) is 0 Å². The van der Waals surface area contributed by atoms with E-state index >= 15 is 0 Å². The van der Waals surface area contributed by atoms with Gasteiger partial charge < -0.3 is 5.32 Å². The lowest BCUT2D eigenvalue weighted by molar-refractivity contribution is 0.768. The van der Waals surface area contributed by atoms with Crippen molar-refractivity contribution in [2.45, 2.75) is 20.4 Å². The summed E-state index contributed by atoms with van der Waals surface area (Å²) < 4.78 is 1.80. The second kappa shape index (κ2) is 4.39. The highest BCUT2D eigenvalue weighted by Crippen LogP contribution is 2.13. The molecule has 0 amide bonds. The van der Waals surface area contributed by atoms with Gasteiger partial charge in [-0.3, -0.25) is 4.68 Å². The van der Waals surface area contributed by atoms with Crippen LogP contribution in [0, 0.1) is 13.8 Å². The van der Waals surface area contributed by atoms with Crippen LogP contribution in [0.25, 0.3) is 0 Å².